The molecule has 0 saturated carbocycles. The predicted octanol–water partition coefficient (Wildman–Crippen LogP) is 2.91. The first-order valence-corrected chi connectivity index (χ1v) is 7.10. The highest BCUT2D eigenvalue weighted by atomic mass is 79.9. The Balaban J connectivity index is 1.96. The third-order valence-corrected chi connectivity index (χ3v) is 4.51. The number of thiophene rings is 1. The van der Waals surface area contributed by atoms with Gasteiger partial charge in [-0.2, -0.15) is 0 Å². The average Bonchev–Trinajstić information content (AvgIpc) is 2.84. The van der Waals surface area contributed by atoms with Crippen molar-refractivity contribution in [3.63, 3.8) is 0 Å². The van der Waals surface area contributed by atoms with E-state index >= 15 is 0 Å². The molecule has 2 rings (SSSR count). The minimum atomic E-state index is 0.0920. The number of nitrogens with zero attached hydrogens (tertiary/aromatic N) is 2. The molecule has 0 aromatic carbocycles. The Morgan fingerprint density at radius 2 is 2.50 bits per heavy atom. The quantitative estimate of drug-likeness (QED) is 0.695. The number of hydrogen-bond donors (Lipinski definition) is 1. The first-order valence-electron chi connectivity index (χ1n) is 4.45. The van der Waals surface area contributed by atoms with Gasteiger partial charge in [0.1, 0.15) is 5.82 Å². The zero-order valence-corrected chi connectivity index (χ0v) is 11.6. The number of aromatic amines is 1. The van der Waals surface area contributed by atoms with Gasteiger partial charge >= 0.3 is 0 Å². The molecule has 2 heterocycles. The van der Waals surface area contributed by atoms with E-state index in [0.717, 1.165) is 15.2 Å². The van der Waals surface area contributed by atoms with Crippen LogP contribution >= 0.6 is 39.0 Å². The number of aryl methyl sites for hydroxylation is 1. The fourth-order valence-electron chi connectivity index (χ4n) is 1.08. The fraction of sp³-hybridized carbons (Fsp3) is 0.222. The lowest BCUT2D eigenvalue weighted by Gasteiger charge is -1.95. The summed E-state index contributed by atoms with van der Waals surface area (Å²) < 4.78 is 0.856. The number of rotatable bonds is 4. The maximum absolute atomic E-state index is 11.8. The topological polar surface area (TPSA) is 58.6 Å². The van der Waals surface area contributed by atoms with Crippen LogP contribution in [-0.2, 0) is 0 Å². The summed E-state index contributed by atoms with van der Waals surface area (Å²) in [5.41, 5.74) is 0. The molecule has 0 saturated heterocycles. The summed E-state index contributed by atoms with van der Waals surface area (Å²) in [6.07, 6.45) is 0. The Hall–Kier alpha value is -0.660. The molecule has 0 bridgehead atoms. The van der Waals surface area contributed by atoms with Crippen LogP contribution in [0.2, 0.25) is 0 Å². The van der Waals surface area contributed by atoms with E-state index in [4.69, 9.17) is 0 Å². The lowest BCUT2D eigenvalue weighted by molar-refractivity contribution is 0.102. The van der Waals surface area contributed by atoms with Crippen molar-refractivity contribution in [2.24, 2.45) is 0 Å². The Morgan fingerprint density at radius 3 is 3.06 bits per heavy atom. The highest BCUT2D eigenvalue weighted by Crippen LogP contribution is 2.25. The van der Waals surface area contributed by atoms with Crippen molar-refractivity contribution < 1.29 is 4.79 Å². The molecular formula is C9H8BrN3OS2. The second-order valence-corrected chi connectivity index (χ2v) is 5.73. The Kier molecular flexibility index (Phi) is 3.78. The van der Waals surface area contributed by atoms with Crippen molar-refractivity contribution in [2.75, 3.05) is 5.75 Å². The van der Waals surface area contributed by atoms with E-state index in [1.165, 1.54) is 23.1 Å². The largest absolute Gasteiger partial charge is 0.292 e. The molecule has 7 heteroatoms. The van der Waals surface area contributed by atoms with Gasteiger partial charge in [-0.3, -0.25) is 9.89 Å². The third-order valence-electron chi connectivity index (χ3n) is 1.78. The highest BCUT2D eigenvalue weighted by Gasteiger charge is 2.13. The molecule has 0 radical (unpaired) electrons. The summed E-state index contributed by atoms with van der Waals surface area (Å²) in [5.74, 6) is 1.21. The van der Waals surface area contributed by atoms with E-state index in [1.807, 2.05) is 18.4 Å². The Labute approximate surface area is 109 Å². The second kappa shape index (κ2) is 5.11. The molecule has 1 N–H and O–H groups in total. The second-order valence-electron chi connectivity index (χ2n) is 3.01. The number of carbonyl (C=O) groups is 1. The maximum Gasteiger partial charge on any atom is 0.208 e. The standard InChI is InChI=1S/C9H8BrN3OS2/c1-5-11-9(13-12-5)16-4-7(14)8-6(10)2-3-15-8/h2-3H,4H2,1H3,(H,11,12,13). The van der Waals surface area contributed by atoms with Crippen molar-refractivity contribution in [3.8, 4) is 0 Å². The lowest BCUT2D eigenvalue weighted by Crippen LogP contribution is -2.00. The minimum absolute atomic E-state index is 0.0920. The molecule has 16 heavy (non-hydrogen) atoms. The van der Waals surface area contributed by atoms with E-state index in [1.54, 1.807) is 0 Å². The summed E-state index contributed by atoms with van der Waals surface area (Å²) >= 11 is 6.12. The van der Waals surface area contributed by atoms with E-state index in [2.05, 4.69) is 31.1 Å². The van der Waals surface area contributed by atoms with Crippen molar-refractivity contribution >= 4 is 44.8 Å². The normalized spacial score (nSPS) is 10.6. The van der Waals surface area contributed by atoms with Crippen LogP contribution in [-0.4, -0.2) is 26.7 Å². The molecule has 0 unspecified atom stereocenters. The molecule has 0 atom stereocenters. The number of halogens is 1. The monoisotopic (exact) mass is 317 g/mol. The van der Waals surface area contributed by atoms with Crippen molar-refractivity contribution in [1.82, 2.24) is 15.2 Å². The minimum Gasteiger partial charge on any atom is -0.292 e. The number of H-pyrrole nitrogens is 1. The van der Waals surface area contributed by atoms with E-state index < -0.39 is 0 Å². The molecule has 0 aliphatic heterocycles. The molecule has 4 nitrogen and oxygen atoms in total. The predicted molar refractivity (Wildman–Crippen MR) is 68.2 cm³/mol. The van der Waals surface area contributed by atoms with E-state index in [-0.39, 0.29) is 5.78 Å². The molecule has 0 amide bonds. The van der Waals surface area contributed by atoms with Crippen LogP contribution in [0.5, 0.6) is 0 Å². The number of aromatic nitrogens is 3. The number of Topliss-reactive ketones (excluding diaryl/α,β-unsaturated/α-hetero) is 1. The summed E-state index contributed by atoms with van der Waals surface area (Å²) in [7, 11) is 0. The number of nitrogens with one attached hydrogen (secondary N) is 1. The van der Waals surface area contributed by atoms with Crippen LogP contribution in [0, 0.1) is 6.92 Å². The summed E-state index contributed by atoms with van der Waals surface area (Å²) in [6, 6.07) is 1.87. The Morgan fingerprint density at radius 1 is 1.69 bits per heavy atom. The SMILES string of the molecule is Cc1nc(SCC(=O)c2sccc2Br)n[nH]1. The molecule has 2 aromatic rings. The first kappa shape index (κ1) is 11.8. The van der Waals surface area contributed by atoms with Gasteiger partial charge in [-0.15, -0.1) is 16.4 Å². The zero-order valence-electron chi connectivity index (χ0n) is 8.36. The van der Waals surface area contributed by atoms with Gasteiger partial charge in [0.2, 0.25) is 5.16 Å². The van der Waals surface area contributed by atoms with Gasteiger partial charge in [0, 0.05) is 4.47 Å². The summed E-state index contributed by atoms with van der Waals surface area (Å²) in [5, 5.41) is 9.19. The van der Waals surface area contributed by atoms with Crippen LogP contribution in [0.25, 0.3) is 0 Å². The third kappa shape index (κ3) is 2.72. The first-order chi connectivity index (χ1) is 7.66. The van der Waals surface area contributed by atoms with Crippen molar-refractivity contribution in [1.29, 1.82) is 0 Å². The molecule has 0 fully saturated rings. The van der Waals surface area contributed by atoms with Crippen LogP contribution < -0.4 is 0 Å². The number of carbonyl (C=O) groups excluding carboxylic acids is 1. The molecule has 0 aliphatic carbocycles. The lowest BCUT2D eigenvalue weighted by atomic mass is 10.3. The van der Waals surface area contributed by atoms with Crippen molar-refractivity contribution in [2.45, 2.75) is 12.1 Å². The average molecular weight is 318 g/mol. The van der Waals surface area contributed by atoms with Gasteiger partial charge in [-0.25, -0.2) is 4.98 Å². The van der Waals surface area contributed by atoms with Gasteiger partial charge in [-0.05, 0) is 34.3 Å². The van der Waals surface area contributed by atoms with Gasteiger partial charge < -0.3 is 0 Å². The molecule has 84 valence electrons. The van der Waals surface area contributed by atoms with Crippen LogP contribution in [0.4, 0.5) is 0 Å². The van der Waals surface area contributed by atoms with Crippen LogP contribution in [0.15, 0.2) is 21.1 Å². The molecule has 0 spiro atoms. The molecule has 0 aliphatic rings. The number of ketones is 1. The van der Waals surface area contributed by atoms with Gasteiger partial charge in [0.25, 0.3) is 0 Å². The highest BCUT2D eigenvalue weighted by molar-refractivity contribution is 9.10. The van der Waals surface area contributed by atoms with Crippen LogP contribution in [0.1, 0.15) is 15.5 Å². The number of hydrogen-bond acceptors (Lipinski definition) is 5. The number of thioether (sulfide) groups is 1. The van der Waals surface area contributed by atoms with Crippen molar-refractivity contribution in [3.05, 3.63) is 26.6 Å². The fourth-order valence-corrected chi connectivity index (χ4v) is 3.42. The van der Waals surface area contributed by atoms with Gasteiger partial charge in [0.15, 0.2) is 5.78 Å². The zero-order chi connectivity index (χ0) is 11.5. The maximum atomic E-state index is 11.8. The van der Waals surface area contributed by atoms with E-state index in [9.17, 15) is 4.79 Å². The summed E-state index contributed by atoms with van der Waals surface area (Å²) in [4.78, 5) is 16.7. The molecular weight excluding hydrogens is 310 g/mol. The van der Waals surface area contributed by atoms with Gasteiger partial charge in [0.05, 0.1) is 10.6 Å². The summed E-state index contributed by atoms with van der Waals surface area (Å²) in [6.45, 7) is 1.83. The van der Waals surface area contributed by atoms with Gasteiger partial charge in [-0.1, -0.05) is 11.8 Å². The smallest absolute Gasteiger partial charge is 0.208 e. The Bertz CT molecular complexity index is 508. The van der Waals surface area contributed by atoms with Crippen LogP contribution in [0.3, 0.4) is 0 Å². The van der Waals surface area contributed by atoms with E-state index in [0.29, 0.717) is 10.9 Å². The molecule has 2 aromatic heterocycles.